The van der Waals surface area contributed by atoms with Crippen molar-refractivity contribution in [3.8, 4) is 5.75 Å². The molecule has 0 saturated heterocycles. The average Bonchev–Trinajstić information content (AvgIpc) is 2.30. The molecule has 1 rings (SSSR count). The molecule has 0 fully saturated rings. The number of hydrogen-bond donors (Lipinski definition) is 3. The summed E-state index contributed by atoms with van der Waals surface area (Å²) in [5.41, 5.74) is 7.19. The van der Waals surface area contributed by atoms with Gasteiger partial charge in [-0.05, 0) is 12.1 Å². The van der Waals surface area contributed by atoms with Crippen molar-refractivity contribution in [2.24, 2.45) is 11.6 Å². The largest absolute Gasteiger partial charge is 0.492 e. The van der Waals surface area contributed by atoms with Crippen LogP contribution in [0.1, 0.15) is 16.8 Å². The zero-order chi connectivity index (χ0) is 12.7. The van der Waals surface area contributed by atoms with Crippen LogP contribution in [0, 0.1) is 0 Å². The van der Waals surface area contributed by atoms with Crippen LogP contribution < -0.4 is 21.9 Å². The lowest BCUT2D eigenvalue weighted by molar-refractivity contribution is -0.151. The number of para-hydroxylation sites is 1. The molecular weight excluding hydrogens is 226 g/mol. The third-order valence-corrected chi connectivity index (χ3v) is 1.89. The number of carbonyl (C=O) groups excluding carboxylic acids is 2. The van der Waals surface area contributed by atoms with E-state index in [1.165, 1.54) is 6.07 Å². The zero-order valence-corrected chi connectivity index (χ0v) is 9.01. The van der Waals surface area contributed by atoms with Crippen LogP contribution in [0.2, 0.25) is 0 Å². The molecule has 0 aromatic heterocycles. The molecule has 0 bridgehead atoms. The van der Waals surface area contributed by atoms with Crippen LogP contribution in [-0.2, 0) is 9.63 Å². The molecule has 0 saturated carbocycles. The Morgan fingerprint density at radius 1 is 1.29 bits per heavy atom. The highest BCUT2D eigenvalue weighted by atomic mass is 16.7. The van der Waals surface area contributed by atoms with Crippen LogP contribution in [0.5, 0.6) is 5.75 Å². The molecule has 0 unspecified atom stereocenters. The Morgan fingerprint density at radius 3 is 2.65 bits per heavy atom. The molecule has 0 atom stereocenters. The smallest absolute Gasteiger partial charge is 0.329 e. The number of primary amides is 1. The summed E-state index contributed by atoms with van der Waals surface area (Å²) in [4.78, 5) is 26.2. The predicted octanol–water partition coefficient (Wildman–Crippen LogP) is -0.524. The standard InChI is InChI=1S/C10H13N3O4/c11-10(15)7-3-1-2-4-8(7)16-6-5-9(14)17-13-12/h1-4,13H,5-6,12H2,(H2,11,15). The molecular formula is C10H13N3O4. The first-order chi connectivity index (χ1) is 8.15. The van der Waals surface area contributed by atoms with Crippen molar-refractivity contribution in [3.05, 3.63) is 29.8 Å². The summed E-state index contributed by atoms with van der Waals surface area (Å²) in [6.07, 6.45) is -0.00268. The second-order valence-corrected chi connectivity index (χ2v) is 3.05. The van der Waals surface area contributed by atoms with Crippen molar-refractivity contribution in [1.82, 2.24) is 5.59 Å². The van der Waals surface area contributed by atoms with E-state index in [2.05, 4.69) is 4.84 Å². The highest BCUT2D eigenvalue weighted by Crippen LogP contribution is 2.17. The Hall–Kier alpha value is -2.12. The third kappa shape index (κ3) is 4.09. The highest BCUT2D eigenvalue weighted by molar-refractivity contribution is 5.95. The minimum Gasteiger partial charge on any atom is -0.492 e. The lowest BCUT2D eigenvalue weighted by atomic mass is 10.2. The van der Waals surface area contributed by atoms with E-state index >= 15 is 0 Å². The van der Waals surface area contributed by atoms with Gasteiger partial charge in [0, 0.05) is 0 Å². The lowest BCUT2D eigenvalue weighted by Crippen LogP contribution is -2.27. The van der Waals surface area contributed by atoms with Gasteiger partial charge in [0.05, 0.1) is 18.6 Å². The van der Waals surface area contributed by atoms with Crippen LogP contribution in [0.4, 0.5) is 0 Å². The van der Waals surface area contributed by atoms with Gasteiger partial charge in [-0.3, -0.25) is 9.59 Å². The molecule has 0 spiro atoms. The van der Waals surface area contributed by atoms with Crippen LogP contribution >= 0.6 is 0 Å². The first kappa shape index (κ1) is 12.9. The predicted molar refractivity (Wildman–Crippen MR) is 58.5 cm³/mol. The second kappa shape index (κ2) is 6.46. The van der Waals surface area contributed by atoms with Crippen LogP contribution in [0.25, 0.3) is 0 Å². The monoisotopic (exact) mass is 239 g/mol. The number of ether oxygens (including phenoxy) is 1. The van der Waals surface area contributed by atoms with Gasteiger partial charge in [-0.15, -0.1) is 0 Å². The number of carbonyl (C=O) groups is 2. The van der Waals surface area contributed by atoms with Crippen molar-refractivity contribution < 1.29 is 19.2 Å². The maximum atomic E-state index is 11.0. The van der Waals surface area contributed by atoms with Crippen molar-refractivity contribution in [2.75, 3.05) is 6.61 Å². The fraction of sp³-hybridized carbons (Fsp3) is 0.200. The van der Waals surface area contributed by atoms with E-state index in [0.29, 0.717) is 5.75 Å². The van der Waals surface area contributed by atoms with Gasteiger partial charge in [-0.25, -0.2) is 5.84 Å². The van der Waals surface area contributed by atoms with Gasteiger partial charge in [-0.2, -0.15) is 0 Å². The summed E-state index contributed by atoms with van der Waals surface area (Å²) in [5, 5.41) is 0. The fourth-order valence-electron chi connectivity index (χ4n) is 1.16. The van der Waals surface area contributed by atoms with Crippen molar-refractivity contribution >= 4 is 11.9 Å². The summed E-state index contributed by atoms with van der Waals surface area (Å²) in [5.74, 6) is 3.95. The van der Waals surface area contributed by atoms with E-state index in [9.17, 15) is 9.59 Å². The number of hydrogen-bond acceptors (Lipinski definition) is 6. The molecule has 92 valence electrons. The van der Waals surface area contributed by atoms with Crippen LogP contribution in [0.3, 0.4) is 0 Å². The Bertz CT molecular complexity index is 408. The van der Waals surface area contributed by atoms with Gasteiger partial charge in [0.2, 0.25) is 0 Å². The van der Waals surface area contributed by atoms with Crippen LogP contribution in [-0.4, -0.2) is 18.5 Å². The number of benzene rings is 1. The molecule has 1 aromatic carbocycles. The van der Waals surface area contributed by atoms with E-state index < -0.39 is 11.9 Å². The Kier molecular flexibility index (Phi) is 4.92. The Morgan fingerprint density at radius 2 is 2.00 bits per heavy atom. The van der Waals surface area contributed by atoms with Crippen molar-refractivity contribution in [2.45, 2.75) is 6.42 Å². The molecule has 0 radical (unpaired) electrons. The highest BCUT2D eigenvalue weighted by Gasteiger charge is 2.09. The van der Waals surface area contributed by atoms with Crippen LogP contribution in [0.15, 0.2) is 24.3 Å². The maximum Gasteiger partial charge on any atom is 0.329 e. The number of nitrogens with two attached hydrogens (primary N) is 2. The molecule has 0 aliphatic heterocycles. The Labute approximate surface area is 97.6 Å². The Balaban J connectivity index is 2.52. The maximum absolute atomic E-state index is 11.0. The normalized spacial score (nSPS) is 9.71. The van der Waals surface area contributed by atoms with Crippen molar-refractivity contribution in [1.29, 1.82) is 0 Å². The molecule has 1 amide bonds. The van der Waals surface area contributed by atoms with Gasteiger partial charge in [-0.1, -0.05) is 17.7 Å². The molecule has 7 heteroatoms. The second-order valence-electron chi connectivity index (χ2n) is 3.05. The third-order valence-electron chi connectivity index (χ3n) is 1.89. The van der Waals surface area contributed by atoms with Gasteiger partial charge < -0.3 is 15.3 Å². The summed E-state index contributed by atoms with van der Waals surface area (Å²) >= 11 is 0. The van der Waals surface area contributed by atoms with E-state index in [0.717, 1.165) is 0 Å². The lowest BCUT2D eigenvalue weighted by Gasteiger charge is -2.08. The average molecular weight is 239 g/mol. The summed E-state index contributed by atoms with van der Waals surface area (Å²) in [6, 6.07) is 6.49. The number of nitrogens with one attached hydrogen (secondary N) is 1. The summed E-state index contributed by atoms with van der Waals surface area (Å²) in [6.45, 7) is 0.0603. The molecule has 0 aliphatic rings. The molecule has 0 aliphatic carbocycles. The molecule has 5 N–H and O–H groups in total. The minimum atomic E-state index is -0.591. The van der Waals surface area contributed by atoms with Crippen molar-refractivity contribution in [3.63, 3.8) is 0 Å². The van der Waals surface area contributed by atoms with Gasteiger partial charge in [0.1, 0.15) is 5.75 Å². The molecule has 0 heterocycles. The number of amides is 1. The molecule has 17 heavy (non-hydrogen) atoms. The summed E-state index contributed by atoms with van der Waals surface area (Å²) < 4.78 is 5.25. The van der Waals surface area contributed by atoms with Gasteiger partial charge in [0.15, 0.2) is 0 Å². The first-order valence-corrected chi connectivity index (χ1v) is 4.82. The van der Waals surface area contributed by atoms with E-state index in [-0.39, 0.29) is 18.6 Å². The molecule has 1 aromatic rings. The number of hydrazine groups is 1. The van der Waals surface area contributed by atoms with E-state index in [1.807, 2.05) is 0 Å². The zero-order valence-electron chi connectivity index (χ0n) is 9.01. The van der Waals surface area contributed by atoms with Gasteiger partial charge >= 0.3 is 5.97 Å². The summed E-state index contributed by atoms with van der Waals surface area (Å²) in [7, 11) is 0. The fourth-order valence-corrected chi connectivity index (χ4v) is 1.16. The minimum absolute atomic E-state index is 0.00268. The van der Waals surface area contributed by atoms with E-state index in [1.54, 1.807) is 23.8 Å². The number of rotatable bonds is 6. The van der Waals surface area contributed by atoms with Gasteiger partial charge in [0.25, 0.3) is 5.91 Å². The quantitative estimate of drug-likeness (QED) is 0.454. The molecule has 7 nitrogen and oxygen atoms in total. The first-order valence-electron chi connectivity index (χ1n) is 4.82. The topological polar surface area (TPSA) is 117 Å². The van der Waals surface area contributed by atoms with E-state index in [4.69, 9.17) is 16.3 Å². The SMILES string of the molecule is NNOC(=O)CCOc1ccccc1C(N)=O.